The number of hydrogen-bond acceptors (Lipinski definition) is 1. The molecular formula is C7H14NO. The molecule has 0 fully saturated rings. The lowest BCUT2D eigenvalue weighted by Gasteiger charge is -2.01. The van der Waals surface area contributed by atoms with Gasteiger partial charge in [0.15, 0.2) is 0 Å². The van der Waals surface area contributed by atoms with Crippen LogP contribution in [0.2, 0.25) is 0 Å². The summed E-state index contributed by atoms with van der Waals surface area (Å²) in [6.07, 6.45) is 3.88. The smallest absolute Gasteiger partial charge is 0.309 e. The van der Waals surface area contributed by atoms with Gasteiger partial charge >= 0.3 is 6.41 Å². The standard InChI is InChI=1S/C7H14NO/c1-7(2)4-3-5-8-6-9/h7H,3-5H2,1-2H3,(H,8,9). The molecule has 0 aliphatic carbocycles. The van der Waals surface area contributed by atoms with E-state index in [0.29, 0.717) is 0 Å². The van der Waals surface area contributed by atoms with Crippen LogP contribution in [-0.2, 0) is 4.79 Å². The minimum absolute atomic E-state index is 0.735. The van der Waals surface area contributed by atoms with Gasteiger partial charge in [0.25, 0.3) is 0 Å². The van der Waals surface area contributed by atoms with Gasteiger partial charge in [0.2, 0.25) is 0 Å². The molecule has 9 heavy (non-hydrogen) atoms. The van der Waals surface area contributed by atoms with Crippen LogP contribution in [0.15, 0.2) is 0 Å². The monoisotopic (exact) mass is 128 g/mol. The number of rotatable bonds is 5. The van der Waals surface area contributed by atoms with Gasteiger partial charge in [0, 0.05) is 6.54 Å². The summed E-state index contributed by atoms with van der Waals surface area (Å²) in [5.41, 5.74) is 0. The van der Waals surface area contributed by atoms with Crippen LogP contribution in [0.5, 0.6) is 0 Å². The lowest BCUT2D eigenvalue weighted by atomic mass is 10.1. The van der Waals surface area contributed by atoms with Crippen LogP contribution in [0.25, 0.3) is 0 Å². The summed E-state index contributed by atoms with van der Waals surface area (Å²) in [4.78, 5) is 9.61. The summed E-state index contributed by atoms with van der Waals surface area (Å²) in [6.45, 7) is 5.11. The first kappa shape index (κ1) is 8.47. The molecule has 0 atom stereocenters. The van der Waals surface area contributed by atoms with Crippen molar-refractivity contribution in [1.29, 1.82) is 0 Å². The highest BCUT2D eigenvalue weighted by Crippen LogP contribution is 2.00. The molecule has 0 heterocycles. The molecule has 0 aromatic rings. The topological polar surface area (TPSA) is 29.1 Å². The molecule has 1 radical (unpaired) electrons. The van der Waals surface area contributed by atoms with Gasteiger partial charge in [-0.25, -0.2) is 0 Å². The maximum Gasteiger partial charge on any atom is 0.309 e. The Morgan fingerprint density at radius 1 is 1.56 bits per heavy atom. The molecule has 1 amide bonds. The van der Waals surface area contributed by atoms with E-state index in [1.165, 1.54) is 6.42 Å². The minimum atomic E-state index is 0.735. The van der Waals surface area contributed by atoms with Crippen molar-refractivity contribution in [2.75, 3.05) is 6.54 Å². The Kier molecular flexibility index (Phi) is 5.27. The third kappa shape index (κ3) is 7.47. The van der Waals surface area contributed by atoms with Crippen LogP contribution < -0.4 is 5.32 Å². The molecule has 53 valence electrons. The number of nitrogens with one attached hydrogen (secondary N) is 1. The summed E-state index contributed by atoms with van der Waals surface area (Å²) < 4.78 is 0. The van der Waals surface area contributed by atoms with E-state index in [-0.39, 0.29) is 0 Å². The third-order valence-electron chi connectivity index (χ3n) is 1.16. The van der Waals surface area contributed by atoms with E-state index in [1.807, 2.05) is 0 Å². The van der Waals surface area contributed by atoms with Crippen molar-refractivity contribution in [3.63, 3.8) is 0 Å². The highest BCUT2D eigenvalue weighted by Gasteiger charge is 1.91. The number of carbonyl (C=O) groups excluding carboxylic acids is 1. The second-order valence-electron chi connectivity index (χ2n) is 2.56. The molecule has 0 saturated heterocycles. The van der Waals surface area contributed by atoms with Crippen LogP contribution in [0.3, 0.4) is 0 Å². The summed E-state index contributed by atoms with van der Waals surface area (Å²) in [7, 11) is 0. The molecule has 0 aliphatic heterocycles. The van der Waals surface area contributed by atoms with Gasteiger partial charge in [-0.05, 0) is 18.8 Å². The maximum absolute atomic E-state index is 9.61. The van der Waals surface area contributed by atoms with Crippen LogP contribution >= 0.6 is 0 Å². The van der Waals surface area contributed by atoms with Crippen molar-refractivity contribution in [3.05, 3.63) is 0 Å². The van der Waals surface area contributed by atoms with Crippen LogP contribution in [0.1, 0.15) is 26.7 Å². The first-order valence-electron chi connectivity index (χ1n) is 3.37. The predicted molar refractivity (Wildman–Crippen MR) is 37.8 cm³/mol. The number of amides is 1. The molecular weight excluding hydrogens is 114 g/mol. The van der Waals surface area contributed by atoms with Gasteiger partial charge in [-0.3, -0.25) is 4.79 Å². The van der Waals surface area contributed by atoms with E-state index >= 15 is 0 Å². The zero-order valence-electron chi connectivity index (χ0n) is 6.11. The lowest BCUT2D eigenvalue weighted by molar-refractivity contribution is 0.522. The Labute approximate surface area is 56.6 Å². The van der Waals surface area contributed by atoms with E-state index in [2.05, 4.69) is 19.2 Å². The summed E-state index contributed by atoms with van der Waals surface area (Å²) >= 11 is 0. The third-order valence-corrected chi connectivity index (χ3v) is 1.16. The summed E-state index contributed by atoms with van der Waals surface area (Å²) in [6, 6.07) is 0. The fourth-order valence-electron chi connectivity index (χ4n) is 0.650. The van der Waals surface area contributed by atoms with Gasteiger partial charge in [-0.15, -0.1) is 0 Å². The highest BCUT2D eigenvalue weighted by molar-refractivity contribution is 5.46. The van der Waals surface area contributed by atoms with Gasteiger partial charge in [-0.2, -0.15) is 0 Å². The van der Waals surface area contributed by atoms with Crippen molar-refractivity contribution in [2.45, 2.75) is 26.7 Å². The summed E-state index contributed by atoms with van der Waals surface area (Å²) in [5.74, 6) is 0.735. The van der Waals surface area contributed by atoms with E-state index in [1.54, 1.807) is 6.41 Å². The Bertz CT molecular complexity index is 71.3. The van der Waals surface area contributed by atoms with Crippen molar-refractivity contribution in [1.82, 2.24) is 5.32 Å². The molecule has 0 rings (SSSR count). The first-order valence-corrected chi connectivity index (χ1v) is 3.37. The molecule has 0 aromatic heterocycles. The van der Waals surface area contributed by atoms with Crippen LogP contribution in [0, 0.1) is 5.92 Å². The molecule has 0 unspecified atom stereocenters. The zero-order chi connectivity index (χ0) is 7.11. The molecule has 0 aromatic carbocycles. The van der Waals surface area contributed by atoms with E-state index in [0.717, 1.165) is 18.9 Å². The molecule has 2 heteroatoms. The number of hydrogen-bond donors (Lipinski definition) is 1. The van der Waals surface area contributed by atoms with E-state index < -0.39 is 0 Å². The molecule has 0 spiro atoms. The maximum atomic E-state index is 9.61. The Morgan fingerprint density at radius 2 is 2.22 bits per heavy atom. The van der Waals surface area contributed by atoms with Gasteiger partial charge in [-0.1, -0.05) is 13.8 Å². The van der Waals surface area contributed by atoms with Crippen molar-refractivity contribution in [3.8, 4) is 0 Å². The molecule has 0 aliphatic rings. The van der Waals surface area contributed by atoms with Crippen LogP contribution in [0.4, 0.5) is 0 Å². The highest BCUT2D eigenvalue weighted by atomic mass is 16.1. The zero-order valence-corrected chi connectivity index (χ0v) is 6.11. The van der Waals surface area contributed by atoms with Crippen molar-refractivity contribution < 1.29 is 4.79 Å². The molecule has 0 bridgehead atoms. The van der Waals surface area contributed by atoms with Crippen molar-refractivity contribution in [2.24, 2.45) is 5.92 Å². The largest absolute Gasteiger partial charge is 0.348 e. The quantitative estimate of drug-likeness (QED) is 0.435. The van der Waals surface area contributed by atoms with Gasteiger partial charge < -0.3 is 5.32 Å². The molecule has 0 saturated carbocycles. The normalized spacial score (nSPS) is 9.67. The Hall–Kier alpha value is -0.530. The van der Waals surface area contributed by atoms with Crippen molar-refractivity contribution >= 4 is 6.41 Å². The Morgan fingerprint density at radius 3 is 2.67 bits per heavy atom. The van der Waals surface area contributed by atoms with Crippen LogP contribution in [-0.4, -0.2) is 13.0 Å². The minimum Gasteiger partial charge on any atom is -0.348 e. The fraction of sp³-hybridized carbons (Fsp3) is 0.857. The average molecular weight is 128 g/mol. The first-order chi connectivity index (χ1) is 4.27. The van der Waals surface area contributed by atoms with E-state index in [4.69, 9.17) is 0 Å². The molecule has 1 N–H and O–H groups in total. The molecule has 2 nitrogen and oxygen atoms in total. The van der Waals surface area contributed by atoms with Gasteiger partial charge in [0.1, 0.15) is 0 Å². The van der Waals surface area contributed by atoms with Gasteiger partial charge in [0.05, 0.1) is 0 Å². The Balaban J connectivity index is 2.82. The average Bonchev–Trinajstić information content (AvgIpc) is 1.80. The second kappa shape index (κ2) is 5.60. The lowest BCUT2D eigenvalue weighted by Crippen LogP contribution is -2.12. The summed E-state index contributed by atoms with van der Waals surface area (Å²) in [5, 5.41) is 2.50. The van der Waals surface area contributed by atoms with E-state index in [9.17, 15) is 4.79 Å². The fourth-order valence-corrected chi connectivity index (χ4v) is 0.650. The predicted octanol–water partition coefficient (Wildman–Crippen LogP) is 1.08. The SMILES string of the molecule is CC(C)CCCN[C]=O. The second-order valence-corrected chi connectivity index (χ2v) is 2.56.